The van der Waals surface area contributed by atoms with Gasteiger partial charge in [-0.2, -0.15) is 24.9 Å². The van der Waals surface area contributed by atoms with Crippen LogP contribution in [0.4, 0.5) is 13.2 Å². The molecule has 0 aliphatic carbocycles. The van der Waals surface area contributed by atoms with Gasteiger partial charge in [0.25, 0.3) is 0 Å². The highest BCUT2D eigenvalue weighted by Gasteiger charge is 2.37. The first-order valence-electron chi connectivity index (χ1n) is 4.96. The van der Waals surface area contributed by atoms with E-state index in [9.17, 15) is 13.2 Å². The number of aliphatic hydroxyl groups is 1. The largest absolute Gasteiger partial charge is 0.415 e. The standard InChI is InChI=1S/C9H18F3NOS/c1-3-13(4-2)5-6-15-7-8(14)9(10,11)12/h8,14H,3-7H2,1-2H3. The summed E-state index contributed by atoms with van der Waals surface area (Å²) in [6.07, 6.45) is -6.68. The molecule has 15 heavy (non-hydrogen) atoms. The molecule has 0 aromatic heterocycles. The molecule has 0 radical (unpaired) electrons. The molecule has 0 amide bonds. The molecule has 0 aliphatic rings. The van der Waals surface area contributed by atoms with E-state index in [1.165, 1.54) is 0 Å². The fourth-order valence-electron chi connectivity index (χ4n) is 1.02. The summed E-state index contributed by atoms with van der Waals surface area (Å²) in [5.74, 6) is 0.347. The lowest BCUT2D eigenvalue weighted by atomic mass is 10.4. The summed E-state index contributed by atoms with van der Waals surface area (Å²) in [5.41, 5.74) is 0. The molecular weight excluding hydrogens is 227 g/mol. The summed E-state index contributed by atoms with van der Waals surface area (Å²) in [5, 5.41) is 8.71. The number of halogens is 3. The van der Waals surface area contributed by atoms with Crippen LogP contribution in [-0.2, 0) is 0 Å². The van der Waals surface area contributed by atoms with Crippen molar-refractivity contribution in [2.75, 3.05) is 31.1 Å². The Morgan fingerprint density at radius 3 is 2.20 bits per heavy atom. The van der Waals surface area contributed by atoms with Crippen LogP contribution < -0.4 is 0 Å². The van der Waals surface area contributed by atoms with Crippen molar-refractivity contribution in [3.05, 3.63) is 0 Å². The highest BCUT2D eigenvalue weighted by atomic mass is 32.2. The van der Waals surface area contributed by atoms with Gasteiger partial charge in [-0.3, -0.25) is 0 Å². The second-order valence-corrected chi connectivity index (χ2v) is 4.31. The Kier molecular flexibility index (Phi) is 7.38. The summed E-state index contributed by atoms with van der Waals surface area (Å²) in [6, 6.07) is 0. The molecular formula is C9H18F3NOS. The van der Waals surface area contributed by atoms with E-state index in [-0.39, 0.29) is 5.75 Å². The zero-order valence-corrected chi connectivity index (χ0v) is 9.87. The minimum absolute atomic E-state index is 0.273. The molecule has 0 spiro atoms. The Balaban J connectivity index is 3.54. The minimum atomic E-state index is -4.48. The van der Waals surface area contributed by atoms with Crippen LogP contribution in [0.3, 0.4) is 0 Å². The first-order valence-corrected chi connectivity index (χ1v) is 6.12. The molecule has 0 bridgehead atoms. The fraction of sp³-hybridized carbons (Fsp3) is 1.00. The lowest BCUT2D eigenvalue weighted by Gasteiger charge is -2.18. The molecule has 1 unspecified atom stereocenters. The van der Waals surface area contributed by atoms with Gasteiger partial charge in [0.15, 0.2) is 6.10 Å². The average Bonchev–Trinajstić information content (AvgIpc) is 2.16. The van der Waals surface area contributed by atoms with Crippen LogP contribution in [-0.4, -0.2) is 53.4 Å². The minimum Gasteiger partial charge on any atom is -0.383 e. The molecule has 0 saturated heterocycles. The molecule has 92 valence electrons. The first-order chi connectivity index (χ1) is 6.91. The number of rotatable bonds is 7. The molecule has 6 heteroatoms. The maximum atomic E-state index is 11.9. The molecule has 0 fully saturated rings. The Bertz CT molecular complexity index is 162. The number of hydrogen-bond donors (Lipinski definition) is 1. The normalized spacial score (nSPS) is 14.6. The Morgan fingerprint density at radius 1 is 1.27 bits per heavy atom. The van der Waals surface area contributed by atoms with E-state index in [1.807, 2.05) is 13.8 Å². The average molecular weight is 245 g/mol. The SMILES string of the molecule is CCN(CC)CCSCC(O)C(F)(F)F. The second-order valence-electron chi connectivity index (χ2n) is 3.16. The summed E-state index contributed by atoms with van der Waals surface area (Å²) >= 11 is 1.14. The van der Waals surface area contributed by atoms with Crippen molar-refractivity contribution < 1.29 is 18.3 Å². The number of aliphatic hydroxyl groups excluding tert-OH is 1. The zero-order valence-electron chi connectivity index (χ0n) is 9.05. The third-order valence-corrected chi connectivity index (χ3v) is 3.12. The van der Waals surface area contributed by atoms with Crippen molar-refractivity contribution in [3.63, 3.8) is 0 Å². The van der Waals surface area contributed by atoms with Gasteiger partial charge in [-0.05, 0) is 13.1 Å². The second kappa shape index (κ2) is 7.35. The van der Waals surface area contributed by atoms with E-state index in [1.54, 1.807) is 0 Å². The first kappa shape index (κ1) is 15.1. The van der Waals surface area contributed by atoms with Crippen LogP contribution in [0.2, 0.25) is 0 Å². The van der Waals surface area contributed by atoms with Gasteiger partial charge < -0.3 is 10.0 Å². The van der Waals surface area contributed by atoms with Crippen LogP contribution in [0.5, 0.6) is 0 Å². The van der Waals surface area contributed by atoms with E-state index < -0.39 is 12.3 Å². The predicted molar refractivity (Wildman–Crippen MR) is 57.2 cm³/mol. The number of hydrogen-bond acceptors (Lipinski definition) is 3. The van der Waals surface area contributed by atoms with Crippen LogP contribution in [0.1, 0.15) is 13.8 Å². The molecule has 0 saturated carbocycles. The van der Waals surface area contributed by atoms with Crippen LogP contribution in [0.25, 0.3) is 0 Å². The highest BCUT2D eigenvalue weighted by Crippen LogP contribution is 2.22. The highest BCUT2D eigenvalue weighted by molar-refractivity contribution is 7.99. The zero-order chi connectivity index (χ0) is 11.9. The molecule has 1 atom stereocenters. The molecule has 0 aliphatic heterocycles. The third-order valence-electron chi connectivity index (χ3n) is 2.10. The van der Waals surface area contributed by atoms with Gasteiger partial charge >= 0.3 is 6.18 Å². The molecule has 0 aromatic carbocycles. The van der Waals surface area contributed by atoms with Gasteiger partial charge in [-0.25, -0.2) is 0 Å². The fourth-order valence-corrected chi connectivity index (χ4v) is 1.99. The third kappa shape index (κ3) is 7.03. The molecule has 0 heterocycles. The lowest BCUT2D eigenvalue weighted by molar-refractivity contribution is -0.195. The Hall–Kier alpha value is 0.0600. The van der Waals surface area contributed by atoms with Crippen LogP contribution in [0.15, 0.2) is 0 Å². The summed E-state index contributed by atoms with van der Waals surface area (Å²) < 4.78 is 35.7. The van der Waals surface area contributed by atoms with Crippen LogP contribution in [0, 0.1) is 0 Å². The van der Waals surface area contributed by atoms with E-state index in [4.69, 9.17) is 5.11 Å². The molecule has 2 nitrogen and oxygen atoms in total. The van der Waals surface area contributed by atoms with Crippen molar-refractivity contribution in [2.45, 2.75) is 26.1 Å². The van der Waals surface area contributed by atoms with Crippen molar-refractivity contribution in [1.82, 2.24) is 4.90 Å². The van der Waals surface area contributed by atoms with Gasteiger partial charge in [0.2, 0.25) is 0 Å². The van der Waals surface area contributed by atoms with Gasteiger partial charge in [-0.1, -0.05) is 13.8 Å². The van der Waals surface area contributed by atoms with E-state index >= 15 is 0 Å². The topological polar surface area (TPSA) is 23.5 Å². The monoisotopic (exact) mass is 245 g/mol. The molecule has 0 aromatic rings. The van der Waals surface area contributed by atoms with E-state index in [2.05, 4.69) is 4.90 Å². The van der Waals surface area contributed by atoms with Crippen molar-refractivity contribution >= 4 is 11.8 Å². The predicted octanol–water partition coefficient (Wildman–Crippen LogP) is 1.98. The molecule has 1 N–H and O–H groups in total. The lowest BCUT2D eigenvalue weighted by Crippen LogP contribution is -2.31. The Labute approximate surface area is 92.8 Å². The van der Waals surface area contributed by atoms with Gasteiger partial charge in [0.05, 0.1) is 0 Å². The van der Waals surface area contributed by atoms with Crippen LogP contribution >= 0.6 is 11.8 Å². The summed E-state index contributed by atoms with van der Waals surface area (Å²) in [7, 11) is 0. The van der Waals surface area contributed by atoms with Crippen molar-refractivity contribution in [3.8, 4) is 0 Å². The smallest absolute Gasteiger partial charge is 0.383 e. The van der Waals surface area contributed by atoms with Gasteiger partial charge in [-0.15, -0.1) is 0 Å². The number of alkyl halides is 3. The molecule has 0 rings (SSSR count). The van der Waals surface area contributed by atoms with E-state index in [0.717, 1.165) is 31.4 Å². The maximum Gasteiger partial charge on any atom is 0.415 e. The summed E-state index contributed by atoms with van der Waals surface area (Å²) in [6.45, 7) is 6.59. The van der Waals surface area contributed by atoms with Crippen molar-refractivity contribution in [2.24, 2.45) is 0 Å². The Morgan fingerprint density at radius 2 is 1.80 bits per heavy atom. The van der Waals surface area contributed by atoms with Crippen molar-refractivity contribution in [1.29, 1.82) is 0 Å². The van der Waals surface area contributed by atoms with E-state index in [0.29, 0.717) is 5.75 Å². The maximum absolute atomic E-state index is 11.9. The van der Waals surface area contributed by atoms with Gasteiger partial charge in [0, 0.05) is 18.1 Å². The summed E-state index contributed by atoms with van der Waals surface area (Å²) in [4.78, 5) is 2.13. The van der Waals surface area contributed by atoms with Gasteiger partial charge in [0.1, 0.15) is 0 Å². The number of nitrogens with zero attached hydrogens (tertiary/aromatic N) is 1. The number of thioether (sulfide) groups is 1. The quantitative estimate of drug-likeness (QED) is 0.694.